The molecule has 1 amide bonds. The van der Waals surface area contributed by atoms with Gasteiger partial charge in [0.05, 0.1) is 17.3 Å². The molecule has 0 radical (unpaired) electrons. The molecule has 2 aromatic heterocycles. The molecule has 0 aliphatic carbocycles. The Hall–Kier alpha value is -4.07. The van der Waals surface area contributed by atoms with Gasteiger partial charge in [0.2, 0.25) is 0 Å². The molecule has 4 aromatic rings. The van der Waals surface area contributed by atoms with E-state index in [1.165, 1.54) is 12.1 Å². The Balaban J connectivity index is 1.35. The predicted molar refractivity (Wildman–Crippen MR) is 126 cm³/mol. The van der Waals surface area contributed by atoms with Gasteiger partial charge in [0.15, 0.2) is 0 Å². The van der Waals surface area contributed by atoms with Gasteiger partial charge in [-0.1, -0.05) is 40.6 Å². The third kappa shape index (κ3) is 5.06. The summed E-state index contributed by atoms with van der Waals surface area (Å²) in [6.07, 6.45) is 2.24. The zero-order valence-electron chi connectivity index (χ0n) is 19.4. The van der Waals surface area contributed by atoms with E-state index in [0.717, 1.165) is 29.8 Å². The molecule has 0 N–H and O–H groups in total. The van der Waals surface area contributed by atoms with Crippen LogP contribution in [-0.4, -0.2) is 32.6 Å². The minimum atomic E-state index is -0.262. The Morgan fingerprint density at radius 1 is 1.11 bits per heavy atom. The van der Waals surface area contributed by atoms with Crippen molar-refractivity contribution in [1.29, 1.82) is 0 Å². The second kappa shape index (κ2) is 10.0. The van der Waals surface area contributed by atoms with Crippen LogP contribution in [-0.2, 0) is 13.0 Å². The zero-order valence-corrected chi connectivity index (χ0v) is 19.4. The number of carbonyl (C=O) groups is 1. The van der Waals surface area contributed by atoms with Gasteiger partial charge >= 0.3 is 0 Å². The topological polar surface area (TPSA) is 81.3 Å². The highest BCUT2D eigenvalue weighted by Crippen LogP contribution is 2.34. The van der Waals surface area contributed by atoms with Crippen LogP contribution in [0, 0.1) is 12.7 Å². The SMILES string of the molecule is Cc1nonc1COc1ccccc1C(=O)N1CCC[C@H]1c1cccc(Cc2cccc(F)c2)n1. The lowest BCUT2D eigenvalue weighted by Gasteiger charge is -2.25. The molecule has 1 aliphatic rings. The molecule has 35 heavy (non-hydrogen) atoms. The fourth-order valence-electron chi connectivity index (χ4n) is 4.41. The van der Waals surface area contributed by atoms with Gasteiger partial charge in [0.25, 0.3) is 5.91 Å². The number of ether oxygens (including phenoxy) is 1. The zero-order chi connectivity index (χ0) is 24.2. The predicted octanol–water partition coefficient (Wildman–Crippen LogP) is 5.06. The number of aromatic nitrogens is 3. The van der Waals surface area contributed by atoms with Gasteiger partial charge in [-0.05, 0) is 61.7 Å². The van der Waals surface area contributed by atoms with Crippen LogP contribution >= 0.6 is 0 Å². The van der Waals surface area contributed by atoms with Crippen molar-refractivity contribution in [3.8, 4) is 5.75 Å². The van der Waals surface area contributed by atoms with Crippen molar-refractivity contribution < 1.29 is 18.6 Å². The standard InChI is InChI=1S/C27H25FN4O3/c1-18-24(31-35-30-18)17-34-26-13-3-2-10-22(26)27(33)32-14-6-12-25(32)23-11-5-9-21(29-23)16-19-7-4-8-20(28)15-19/h2-5,7-11,13,15,25H,6,12,14,16-17H2,1H3/t25-/m0/s1. The number of para-hydroxylation sites is 1. The lowest BCUT2D eigenvalue weighted by Crippen LogP contribution is -2.31. The number of hydrogen-bond acceptors (Lipinski definition) is 6. The number of rotatable bonds is 7. The maximum atomic E-state index is 13.6. The maximum absolute atomic E-state index is 13.6. The molecular formula is C27H25FN4O3. The van der Waals surface area contributed by atoms with Crippen molar-refractivity contribution >= 4 is 5.91 Å². The number of halogens is 1. The Labute approximate surface area is 202 Å². The lowest BCUT2D eigenvalue weighted by molar-refractivity contribution is 0.0727. The van der Waals surface area contributed by atoms with Crippen LogP contribution in [0.15, 0.2) is 71.4 Å². The van der Waals surface area contributed by atoms with Crippen LogP contribution in [0.2, 0.25) is 0 Å². The van der Waals surface area contributed by atoms with Crippen LogP contribution < -0.4 is 4.74 Å². The van der Waals surface area contributed by atoms with E-state index in [1.54, 1.807) is 25.1 Å². The molecule has 0 saturated carbocycles. The van der Waals surface area contributed by atoms with Crippen molar-refractivity contribution in [2.45, 2.75) is 38.8 Å². The number of benzene rings is 2. The van der Waals surface area contributed by atoms with E-state index in [-0.39, 0.29) is 24.4 Å². The van der Waals surface area contributed by atoms with Gasteiger partial charge in [0.1, 0.15) is 29.6 Å². The smallest absolute Gasteiger partial charge is 0.258 e. The van der Waals surface area contributed by atoms with Crippen molar-refractivity contribution in [2.24, 2.45) is 0 Å². The fraction of sp³-hybridized carbons (Fsp3) is 0.259. The van der Waals surface area contributed by atoms with Crippen LogP contribution in [0.4, 0.5) is 4.39 Å². The summed E-state index contributed by atoms with van der Waals surface area (Å²) >= 11 is 0. The number of aryl methyl sites for hydroxylation is 1. The minimum absolute atomic E-state index is 0.101. The highest BCUT2D eigenvalue weighted by molar-refractivity contribution is 5.97. The average Bonchev–Trinajstić information content (AvgIpc) is 3.52. The van der Waals surface area contributed by atoms with E-state index < -0.39 is 0 Å². The van der Waals surface area contributed by atoms with Gasteiger partial charge in [-0.2, -0.15) is 0 Å². The molecule has 0 bridgehead atoms. The first-order valence-electron chi connectivity index (χ1n) is 11.6. The molecule has 1 aliphatic heterocycles. The molecule has 1 atom stereocenters. The lowest BCUT2D eigenvalue weighted by atomic mass is 10.1. The minimum Gasteiger partial charge on any atom is -0.486 e. The summed E-state index contributed by atoms with van der Waals surface area (Å²) in [7, 11) is 0. The number of amides is 1. The highest BCUT2D eigenvalue weighted by Gasteiger charge is 2.33. The van der Waals surface area contributed by atoms with Gasteiger partial charge in [-0.15, -0.1) is 0 Å². The Bertz CT molecular complexity index is 1340. The van der Waals surface area contributed by atoms with E-state index in [4.69, 9.17) is 14.3 Å². The summed E-state index contributed by atoms with van der Waals surface area (Å²) < 4.78 is 24.2. The molecule has 2 aromatic carbocycles. The first-order valence-corrected chi connectivity index (χ1v) is 11.6. The fourth-order valence-corrected chi connectivity index (χ4v) is 4.41. The monoisotopic (exact) mass is 472 g/mol. The Morgan fingerprint density at radius 2 is 1.97 bits per heavy atom. The van der Waals surface area contributed by atoms with Crippen LogP contribution in [0.3, 0.4) is 0 Å². The largest absolute Gasteiger partial charge is 0.486 e. The van der Waals surface area contributed by atoms with Crippen molar-refractivity contribution in [3.63, 3.8) is 0 Å². The van der Waals surface area contributed by atoms with Crippen molar-refractivity contribution in [3.05, 3.63) is 106 Å². The van der Waals surface area contributed by atoms with Crippen molar-refractivity contribution in [2.75, 3.05) is 6.54 Å². The Morgan fingerprint density at radius 3 is 2.80 bits per heavy atom. The second-order valence-electron chi connectivity index (χ2n) is 8.60. The highest BCUT2D eigenvalue weighted by atomic mass is 19.1. The number of carbonyl (C=O) groups excluding carboxylic acids is 1. The first-order chi connectivity index (χ1) is 17.1. The summed E-state index contributed by atoms with van der Waals surface area (Å²) in [5.41, 5.74) is 4.27. The van der Waals surface area contributed by atoms with Gasteiger partial charge in [0, 0.05) is 18.7 Å². The molecule has 5 rings (SSSR count). The van der Waals surface area contributed by atoms with E-state index >= 15 is 0 Å². The van der Waals surface area contributed by atoms with Gasteiger partial charge in [-0.3, -0.25) is 9.78 Å². The summed E-state index contributed by atoms with van der Waals surface area (Å²) in [5.74, 6) is 0.121. The van der Waals surface area contributed by atoms with Crippen molar-refractivity contribution in [1.82, 2.24) is 20.2 Å². The molecule has 1 fully saturated rings. The van der Waals surface area contributed by atoms with E-state index in [1.807, 2.05) is 41.3 Å². The summed E-state index contributed by atoms with van der Waals surface area (Å²) in [4.78, 5) is 20.3. The molecule has 0 unspecified atom stereocenters. The number of hydrogen-bond donors (Lipinski definition) is 0. The Kier molecular flexibility index (Phi) is 6.52. The quantitative estimate of drug-likeness (QED) is 0.374. The molecule has 178 valence electrons. The molecule has 0 spiro atoms. The molecule has 8 heteroatoms. The van der Waals surface area contributed by atoms with Crippen LogP contribution in [0.25, 0.3) is 0 Å². The normalized spacial score (nSPS) is 15.4. The summed E-state index contributed by atoms with van der Waals surface area (Å²) in [6, 6.07) is 19.4. The van der Waals surface area contributed by atoms with E-state index in [2.05, 4.69) is 10.3 Å². The van der Waals surface area contributed by atoms with E-state index in [0.29, 0.717) is 35.7 Å². The summed E-state index contributed by atoms with van der Waals surface area (Å²) in [6.45, 7) is 2.59. The third-order valence-corrected chi connectivity index (χ3v) is 6.19. The second-order valence-corrected chi connectivity index (χ2v) is 8.60. The van der Waals surface area contributed by atoms with Gasteiger partial charge < -0.3 is 9.64 Å². The summed E-state index contributed by atoms with van der Waals surface area (Å²) in [5, 5.41) is 7.61. The molecule has 1 saturated heterocycles. The molecule has 7 nitrogen and oxygen atoms in total. The van der Waals surface area contributed by atoms with Gasteiger partial charge in [-0.25, -0.2) is 9.02 Å². The maximum Gasteiger partial charge on any atom is 0.258 e. The number of pyridine rings is 1. The number of likely N-dealkylation sites (tertiary alicyclic amines) is 1. The van der Waals surface area contributed by atoms with Crippen LogP contribution in [0.5, 0.6) is 5.75 Å². The van der Waals surface area contributed by atoms with E-state index in [9.17, 15) is 9.18 Å². The third-order valence-electron chi connectivity index (χ3n) is 6.19. The first kappa shape index (κ1) is 22.7. The molecular weight excluding hydrogens is 447 g/mol. The average molecular weight is 473 g/mol. The molecule has 3 heterocycles. The van der Waals surface area contributed by atoms with Crippen LogP contribution in [0.1, 0.15) is 57.6 Å². The number of nitrogens with zero attached hydrogens (tertiary/aromatic N) is 4.